The average molecular weight is 200 g/mol. The Morgan fingerprint density at radius 2 is 2.07 bits per heavy atom. The van der Waals surface area contributed by atoms with Crippen molar-refractivity contribution in [1.82, 2.24) is 9.71 Å². The average Bonchev–Trinajstić information content (AvgIpc) is 2.87. The summed E-state index contributed by atoms with van der Waals surface area (Å²) in [6, 6.07) is 9.16. The van der Waals surface area contributed by atoms with E-state index in [4.69, 9.17) is 4.42 Å². The van der Waals surface area contributed by atoms with Crippen molar-refractivity contribution < 1.29 is 9.62 Å². The van der Waals surface area contributed by atoms with Gasteiger partial charge in [0.1, 0.15) is 11.8 Å². The summed E-state index contributed by atoms with van der Waals surface area (Å²) in [7, 11) is 0. The number of nitrogens with zero attached hydrogens (tertiary/aromatic N) is 2. The van der Waals surface area contributed by atoms with Crippen molar-refractivity contribution in [1.29, 1.82) is 0 Å². The molecule has 2 heterocycles. The van der Waals surface area contributed by atoms with E-state index in [-0.39, 0.29) is 0 Å². The molecule has 74 valence electrons. The summed E-state index contributed by atoms with van der Waals surface area (Å²) in [5, 5.41) is 9.87. The quantitative estimate of drug-likeness (QED) is 0.614. The molecule has 15 heavy (non-hydrogen) atoms. The van der Waals surface area contributed by atoms with Crippen molar-refractivity contribution in [3.63, 3.8) is 0 Å². The van der Waals surface area contributed by atoms with Gasteiger partial charge in [-0.15, -0.1) is 0 Å². The highest BCUT2D eigenvalue weighted by Crippen LogP contribution is 2.23. The second kappa shape index (κ2) is 2.88. The Morgan fingerprint density at radius 3 is 2.80 bits per heavy atom. The minimum atomic E-state index is 0.491. The zero-order chi connectivity index (χ0) is 10.3. The summed E-state index contributed by atoms with van der Waals surface area (Å²) in [6.07, 6.45) is 3.10. The van der Waals surface area contributed by atoms with Crippen LogP contribution in [0.3, 0.4) is 0 Å². The predicted molar refractivity (Wildman–Crippen MR) is 54.6 cm³/mol. The third kappa shape index (κ3) is 1.11. The van der Waals surface area contributed by atoms with Gasteiger partial charge in [0, 0.05) is 0 Å². The molecule has 0 atom stereocenters. The molecule has 0 aliphatic rings. The minimum absolute atomic E-state index is 0.491. The fourth-order valence-corrected chi connectivity index (χ4v) is 1.59. The molecule has 1 N–H and O–H groups in total. The molecule has 2 aromatic heterocycles. The van der Waals surface area contributed by atoms with Gasteiger partial charge in [0.2, 0.25) is 0 Å². The topological polar surface area (TPSA) is 51.2 Å². The summed E-state index contributed by atoms with van der Waals surface area (Å²) in [6.45, 7) is 0. The lowest BCUT2D eigenvalue weighted by Crippen LogP contribution is -1.92. The van der Waals surface area contributed by atoms with Gasteiger partial charge in [-0.25, -0.2) is 4.98 Å². The van der Waals surface area contributed by atoms with Gasteiger partial charge in [-0.3, -0.25) is 0 Å². The summed E-state index contributed by atoms with van der Waals surface area (Å²) < 4.78 is 6.03. The Hall–Kier alpha value is -2.23. The maximum absolute atomic E-state index is 9.87. The van der Waals surface area contributed by atoms with E-state index in [2.05, 4.69) is 4.98 Å². The molecule has 0 aliphatic heterocycles. The zero-order valence-corrected chi connectivity index (χ0v) is 7.79. The van der Waals surface area contributed by atoms with Crippen LogP contribution in [0.2, 0.25) is 0 Å². The van der Waals surface area contributed by atoms with Crippen molar-refractivity contribution in [2.45, 2.75) is 0 Å². The number of aromatic nitrogens is 2. The van der Waals surface area contributed by atoms with E-state index in [1.165, 1.54) is 0 Å². The SMILES string of the molecule is On1c(-c2ccoc2)nc2ccccc21. The van der Waals surface area contributed by atoms with E-state index in [1.807, 2.05) is 24.3 Å². The Labute approximate surface area is 85.4 Å². The lowest BCUT2D eigenvalue weighted by atomic mass is 10.3. The maximum Gasteiger partial charge on any atom is 0.179 e. The second-order valence-corrected chi connectivity index (χ2v) is 3.25. The molecular formula is C11H8N2O2. The van der Waals surface area contributed by atoms with Gasteiger partial charge in [0.05, 0.1) is 17.3 Å². The lowest BCUT2D eigenvalue weighted by Gasteiger charge is -1.96. The van der Waals surface area contributed by atoms with E-state index in [9.17, 15) is 5.21 Å². The number of benzene rings is 1. The molecule has 0 aliphatic carbocycles. The van der Waals surface area contributed by atoms with Crippen molar-refractivity contribution in [3.8, 4) is 11.4 Å². The third-order valence-electron chi connectivity index (χ3n) is 2.32. The van der Waals surface area contributed by atoms with Crippen LogP contribution >= 0.6 is 0 Å². The van der Waals surface area contributed by atoms with Gasteiger partial charge in [-0.05, 0) is 18.2 Å². The van der Waals surface area contributed by atoms with Crippen LogP contribution in [0.15, 0.2) is 47.3 Å². The van der Waals surface area contributed by atoms with Crippen LogP contribution in [-0.2, 0) is 0 Å². The zero-order valence-electron chi connectivity index (χ0n) is 7.79. The molecule has 0 unspecified atom stereocenters. The summed E-state index contributed by atoms with van der Waals surface area (Å²) in [5.41, 5.74) is 2.21. The molecule has 4 nitrogen and oxygen atoms in total. The molecule has 0 amide bonds. The molecule has 0 fully saturated rings. The van der Waals surface area contributed by atoms with Gasteiger partial charge in [0.15, 0.2) is 5.82 Å². The van der Waals surface area contributed by atoms with Crippen LogP contribution in [0, 0.1) is 0 Å². The van der Waals surface area contributed by atoms with Crippen LogP contribution in [0.4, 0.5) is 0 Å². The maximum atomic E-state index is 9.87. The number of imidazole rings is 1. The molecule has 0 radical (unpaired) electrons. The molecule has 0 spiro atoms. The molecular weight excluding hydrogens is 192 g/mol. The Kier molecular flexibility index (Phi) is 1.56. The van der Waals surface area contributed by atoms with Crippen LogP contribution in [0.25, 0.3) is 22.4 Å². The van der Waals surface area contributed by atoms with E-state index >= 15 is 0 Å². The number of hydrogen-bond donors (Lipinski definition) is 1. The largest absolute Gasteiger partial charge is 0.472 e. The van der Waals surface area contributed by atoms with Crippen molar-refractivity contribution in [2.75, 3.05) is 0 Å². The van der Waals surface area contributed by atoms with E-state index in [0.29, 0.717) is 11.3 Å². The van der Waals surface area contributed by atoms with Gasteiger partial charge < -0.3 is 9.62 Å². The van der Waals surface area contributed by atoms with E-state index in [1.54, 1.807) is 18.6 Å². The number of rotatable bonds is 1. The van der Waals surface area contributed by atoms with Gasteiger partial charge in [0.25, 0.3) is 0 Å². The fourth-order valence-electron chi connectivity index (χ4n) is 1.59. The third-order valence-corrected chi connectivity index (χ3v) is 2.32. The smallest absolute Gasteiger partial charge is 0.179 e. The van der Waals surface area contributed by atoms with Crippen LogP contribution in [0.1, 0.15) is 0 Å². The first kappa shape index (κ1) is 8.11. The first-order valence-electron chi connectivity index (χ1n) is 4.55. The fraction of sp³-hybridized carbons (Fsp3) is 0. The number of furan rings is 1. The molecule has 1 aromatic carbocycles. The van der Waals surface area contributed by atoms with Gasteiger partial charge in [-0.2, -0.15) is 4.73 Å². The Balaban J connectivity index is 2.33. The van der Waals surface area contributed by atoms with Gasteiger partial charge in [-0.1, -0.05) is 12.1 Å². The van der Waals surface area contributed by atoms with Crippen molar-refractivity contribution in [2.24, 2.45) is 0 Å². The lowest BCUT2D eigenvalue weighted by molar-refractivity contribution is 0.203. The van der Waals surface area contributed by atoms with Crippen LogP contribution in [0.5, 0.6) is 0 Å². The van der Waals surface area contributed by atoms with Crippen LogP contribution < -0.4 is 0 Å². The number of para-hydroxylation sites is 2. The van der Waals surface area contributed by atoms with E-state index in [0.717, 1.165) is 15.8 Å². The first-order chi connectivity index (χ1) is 7.36. The molecule has 3 aromatic rings. The highest BCUT2D eigenvalue weighted by molar-refractivity contribution is 5.79. The number of hydrogen-bond acceptors (Lipinski definition) is 3. The Bertz CT molecular complexity index is 596. The second-order valence-electron chi connectivity index (χ2n) is 3.25. The summed E-state index contributed by atoms with van der Waals surface area (Å²) in [5.74, 6) is 0.491. The van der Waals surface area contributed by atoms with Crippen molar-refractivity contribution in [3.05, 3.63) is 42.9 Å². The predicted octanol–water partition coefficient (Wildman–Crippen LogP) is 2.53. The highest BCUT2D eigenvalue weighted by Gasteiger charge is 2.11. The monoisotopic (exact) mass is 200 g/mol. The standard InChI is InChI=1S/C11H8N2O2/c14-13-10-4-2-1-3-9(10)12-11(13)8-5-6-15-7-8/h1-7,14H. The van der Waals surface area contributed by atoms with Crippen LogP contribution in [-0.4, -0.2) is 14.9 Å². The van der Waals surface area contributed by atoms with Crippen molar-refractivity contribution >= 4 is 11.0 Å². The summed E-state index contributed by atoms with van der Waals surface area (Å²) in [4.78, 5) is 4.31. The molecule has 0 saturated carbocycles. The minimum Gasteiger partial charge on any atom is -0.472 e. The first-order valence-corrected chi connectivity index (χ1v) is 4.55. The highest BCUT2D eigenvalue weighted by atomic mass is 16.5. The molecule has 0 saturated heterocycles. The molecule has 4 heteroatoms. The molecule has 0 bridgehead atoms. The summed E-state index contributed by atoms with van der Waals surface area (Å²) >= 11 is 0. The number of fused-ring (bicyclic) bond motifs is 1. The normalized spacial score (nSPS) is 10.9. The van der Waals surface area contributed by atoms with E-state index < -0.39 is 0 Å². The Morgan fingerprint density at radius 1 is 1.20 bits per heavy atom. The van der Waals surface area contributed by atoms with Gasteiger partial charge >= 0.3 is 0 Å². The molecule has 3 rings (SSSR count).